The molecule has 8 aromatic carbocycles. The summed E-state index contributed by atoms with van der Waals surface area (Å²) in [6.45, 7) is 0. The summed E-state index contributed by atoms with van der Waals surface area (Å²) < 4.78 is 6.64. The molecule has 0 bridgehead atoms. The number of nitrogens with zero attached hydrogens (tertiary/aromatic N) is 2. The number of oxazole rings is 1. The van der Waals surface area contributed by atoms with Crippen molar-refractivity contribution in [3.63, 3.8) is 0 Å². The van der Waals surface area contributed by atoms with Gasteiger partial charge in [0.25, 0.3) is 0 Å². The molecule has 0 radical (unpaired) electrons. The number of aromatic nitrogens is 1. The molecule has 0 aliphatic rings. The minimum Gasteiger partial charge on any atom is -0.435 e. The van der Waals surface area contributed by atoms with E-state index in [2.05, 4.69) is 169 Å². The van der Waals surface area contributed by atoms with E-state index in [1.54, 1.807) is 0 Å². The molecule has 0 saturated heterocycles. The predicted molar refractivity (Wildman–Crippen MR) is 208 cm³/mol. The third-order valence-corrected chi connectivity index (χ3v) is 9.30. The number of rotatable bonds is 7. The summed E-state index contributed by atoms with van der Waals surface area (Å²) in [7, 11) is 0. The van der Waals surface area contributed by atoms with Gasteiger partial charge in [-0.2, -0.15) is 0 Å². The van der Waals surface area contributed by atoms with Gasteiger partial charge in [-0.25, -0.2) is 4.98 Å². The van der Waals surface area contributed by atoms with Gasteiger partial charge in [0.1, 0.15) is 5.52 Å². The predicted octanol–water partition coefficient (Wildman–Crippen LogP) is 13.1. The Balaban J connectivity index is 1.29. The molecule has 0 saturated carbocycles. The molecule has 0 unspecified atom stereocenters. The molecule has 0 N–H and O–H groups in total. The van der Waals surface area contributed by atoms with Gasteiger partial charge in [0.15, 0.2) is 5.58 Å². The first-order valence-corrected chi connectivity index (χ1v) is 16.9. The number of hydrogen-bond acceptors (Lipinski definition) is 3. The summed E-state index contributed by atoms with van der Waals surface area (Å²) in [6, 6.07) is 68.2. The summed E-state index contributed by atoms with van der Waals surface area (Å²) >= 11 is 0. The summed E-state index contributed by atoms with van der Waals surface area (Å²) in [4.78, 5) is 7.29. The fourth-order valence-electron chi connectivity index (χ4n) is 6.89. The topological polar surface area (TPSA) is 29.3 Å². The minimum absolute atomic E-state index is 0.611. The van der Waals surface area contributed by atoms with Crippen LogP contribution in [0.2, 0.25) is 0 Å². The van der Waals surface area contributed by atoms with Gasteiger partial charge in [-0.05, 0) is 87.3 Å². The molecule has 0 aliphatic heterocycles. The van der Waals surface area contributed by atoms with Gasteiger partial charge in [0, 0.05) is 16.9 Å². The van der Waals surface area contributed by atoms with Gasteiger partial charge >= 0.3 is 0 Å². The SMILES string of the molecule is c1ccc(-c2ccc(N(c3ccc(-c4ccccc4)c(-c4ccccc4)c3)c3cccc4ccc5nc(-c6ccccc6)oc5c34)cc2)cc1. The molecule has 0 fully saturated rings. The number of hydrogen-bond donors (Lipinski definition) is 0. The van der Waals surface area contributed by atoms with Crippen molar-refractivity contribution in [2.75, 3.05) is 4.90 Å². The zero-order valence-electron chi connectivity index (χ0n) is 27.3. The highest BCUT2D eigenvalue weighted by Gasteiger charge is 2.21. The molecule has 1 aromatic heterocycles. The lowest BCUT2D eigenvalue weighted by Crippen LogP contribution is -2.11. The van der Waals surface area contributed by atoms with Gasteiger partial charge in [-0.3, -0.25) is 0 Å². The van der Waals surface area contributed by atoms with Crippen LogP contribution >= 0.6 is 0 Å². The molecule has 3 heteroatoms. The van der Waals surface area contributed by atoms with Crippen molar-refractivity contribution in [2.45, 2.75) is 0 Å². The Labute approximate surface area is 291 Å². The summed E-state index contributed by atoms with van der Waals surface area (Å²) in [6.07, 6.45) is 0. The van der Waals surface area contributed by atoms with E-state index in [1.807, 2.05) is 30.3 Å². The third kappa shape index (κ3) is 5.41. The normalized spacial score (nSPS) is 11.2. The second kappa shape index (κ2) is 12.7. The van der Waals surface area contributed by atoms with E-state index in [0.29, 0.717) is 5.89 Å². The van der Waals surface area contributed by atoms with Crippen LogP contribution in [-0.2, 0) is 0 Å². The summed E-state index contributed by atoms with van der Waals surface area (Å²) in [5, 5.41) is 2.10. The molecule has 1 heterocycles. The first-order chi connectivity index (χ1) is 24.8. The molecule has 0 aliphatic carbocycles. The Hall–Kier alpha value is -6.71. The van der Waals surface area contributed by atoms with Crippen LogP contribution in [0.4, 0.5) is 17.1 Å². The van der Waals surface area contributed by atoms with Crippen LogP contribution in [0.5, 0.6) is 0 Å². The highest BCUT2D eigenvalue weighted by atomic mass is 16.3. The van der Waals surface area contributed by atoms with E-state index in [0.717, 1.165) is 55.6 Å². The quantitative estimate of drug-likeness (QED) is 0.174. The Morgan fingerprint density at radius 1 is 0.400 bits per heavy atom. The average molecular weight is 641 g/mol. The van der Waals surface area contributed by atoms with Crippen molar-refractivity contribution in [3.8, 4) is 44.8 Å². The van der Waals surface area contributed by atoms with E-state index in [9.17, 15) is 0 Å². The fraction of sp³-hybridized carbons (Fsp3) is 0. The zero-order chi connectivity index (χ0) is 33.3. The summed E-state index contributed by atoms with van der Waals surface area (Å²) in [5.41, 5.74) is 12.7. The monoisotopic (exact) mass is 640 g/mol. The van der Waals surface area contributed by atoms with Crippen molar-refractivity contribution < 1.29 is 4.42 Å². The van der Waals surface area contributed by atoms with Crippen LogP contribution < -0.4 is 4.90 Å². The Kier molecular flexibility index (Phi) is 7.49. The molecular weight excluding hydrogens is 609 g/mol. The van der Waals surface area contributed by atoms with Crippen molar-refractivity contribution in [3.05, 3.63) is 194 Å². The van der Waals surface area contributed by atoms with Crippen LogP contribution in [0, 0.1) is 0 Å². The molecule has 0 atom stereocenters. The van der Waals surface area contributed by atoms with Crippen molar-refractivity contribution in [1.82, 2.24) is 4.98 Å². The lowest BCUT2D eigenvalue weighted by Gasteiger charge is -2.28. The highest BCUT2D eigenvalue weighted by Crippen LogP contribution is 2.45. The van der Waals surface area contributed by atoms with Gasteiger partial charge in [0.2, 0.25) is 5.89 Å². The van der Waals surface area contributed by atoms with E-state index >= 15 is 0 Å². The Morgan fingerprint density at radius 2 is 0.960 bits per heavy atom. The van der Waals surface area contributed by atoms with E-state index in [-0.39, 0.29) is 0 Å². The molecule has 236 valence electrons. The van der Waals surface area contributed by atoms with Crippen LogP contribution in [0.15, 0.2) is 199 Å². The standard InChI is InChI=1S/C47H32N2O/c1-5-14-33(15-6-1)34-24-27-39(28-25-34)49(40-29-30-41(35-16-7-2-8-17-35)42(32-40)36-18-9-3-10-19-36)44-23-13-22-37-26-31-43-46(45(37)44)50-47(48-43)38-20-11-4-12-21-38/h1-32H. The first-order valence-electron chi connectivity index (χ1n) is 16.9. The first kappa shape index (κ1) is 29.4. The van der Waals surface area contributed by atoms with Crippen LogP contribution in [0.25, 0.3) is 66.7 Å². The van der Waals surface area contributed by atoms with Crippen molar-refractivity contribution >= 4 is 38.9 Å². The Morgan fingerprint density at radius 3 is 1.62 bits per heavy atom. The zero-order valence-corrected chi connectivity index (χ0v) is 27.3. The fourth-order valence-corrected chi connectivity index (χ4v) is 6.89. The minimum atomic E-state index is 0.611. The maximum atomic E-state index is 6.64. The smallest absolute Gasteiger partial charge is 0.227 e. The van der Waals surface area contributed by atoms with Gasteiger partial charge in [-0.15, -0.1) is 0 Å². The molecule has 3 nitrogen and oxygen atoms in total. The lowest BCUT2D eigenvalue weighted by atomic mass is 9.93. The number of fused-ring (bicyclic) bond motifs is 3. The van der Waals surface area contributed by atoms with Gasteiger partial charge in [-0.1, -0.05) is 146 Å². The van der Waals surface area contributed by atoms with Gasteiger partial charge in [0.05, 0.1) is 11.1 Å². The molecule has 9 rings (SSSR count). The number of anilines is 3. The summed E-state index contributed by atoms with van der Waals surface area (Å²) in [5.74, 6) is 0.611. The number of benzene rings is 8. The third-order valence-electron chi connectivity index (χ3n) is 9.30. The second-order valence-corrected chi connectivity index (χ2v) is 12.4. The molecule has 0 spiro atoms. The second-order valence-electron chi connectivity index (χ2n) is 12.4. The van der Waals surface area contributed by atoms with E-state index < -0.39 is 0 Å². The van der Waals surface area contributed by atoms with Gasteiger partial charge < -0.3 is 9.32 Å². The van der Waals surface area contributed by atoms with Crippen molar-refractivity contribution in [2.24, 2.45) is 0 Å². The highest BCUT2D eigenvalue weighted by molar-refractivity contribution is 6.12. The van der Waals surface area contributed by atoms with E-state index in [1.165, 1.54) is 22.3 Å². The lowest BCUT2D eigenvalue weighted by molar-refractivity contribution is 0.623. The maximum Gasteiger partial charge on any atom is 0.227 e. The van der Waals surface area contributed by atoms with Crippen LogP contribution in [-0.4, -0.2) is 4.98 Å². The maximum absolute atomic E-state index is 6.64. The Bertz CT molecular complexity index is 2560. The molecule has 50 heavy (non-hydrogen) atoms. The van der Waals surface area contributed by atoms with Crippen molar-refractivity contribution in [1.29, 1.82) is 0 Å². The molecular formula is C47H32N2O. The molecule has 9 aromatic rings. The van der Waals surface area contributed by atoms with E-state index in [4.69, 9.17) is 9.40 Å². The van der Waals surface area contributed by atoms with Crippen LogP contribution in [0.1, 0.15) is 0 Å². The van der Waals surface area contributed by atoms with Crippen LogP contribution in [0.3, 0.4) is 0 Å². The molecule has 0 amide bonds. The largest absolute Gasteiger partial charge is 0.435 e. The average Bonchev–Trinajstić information content (AvgIpc) is 3.65.